The van der Waals surface area contributed by atoms with Crippen molar-refractivity contribution in [2.45, 2.75) is 44.6 Å². The zero-order valence-corrected chi connectivity index (χ0v) is 19.2. The summed E-state index contributed by atoms with van der Waals surface area (Å²) in [6, 6.07) is 11.0. The van der Waals surface area contributed by atoms with Gasteiger partial charge in [0.1, 0.15) is 18.5 Å². The Morgan fingerprint density at radius 3 is 2.79 bits per heavy atom. The molecule has 0 spiro atoms. The van der Waals surface area contributed by atoms with Crippen molar-refractivity contribution in [2.24, 2.45) is 0 Å². The van der Waals surface area contributed by atoms with E-state index in [1.165, 1.54) is 6.07 Å². The second-order valence-corrected chi connectivity index (χ2v) is 9.44. The van der Waals surface area contributed by atoms with Crippen LogP contribution in [0.3, 0.4) is 0 Å². The van der Waals surface area contributed by atoms with Gasteiger partial charge < -0.3 is 9.64 Å². The van der Waals surface area contributed by atoms with Crippen molar-refractivity contribution in [2.75, 3.05) is 32.7 Å². The van der Waals surface area contributed by atoms with Crippen molar-refractivity contribution in [3.63, 3.8) is 0 Å². The Hall–Kier alpha value is -3.24. The highest BCUT2D eigenvalue weighted by Crippen LogP contribution is 2.35. The van der Waals surface area contributed by atoms with Crippen LogP contribution in [0.5, 0.6) is 0 Å². The molecule has 34 heavy (non-hydrogen) atoms. The highest BCUT2D eigenvalue weighted by molar-refractivity contribution is 5.93. The lowest BCUT2D eigenvalue weighted by atomic mass is 9.80. The van der Waals surface area contributed by atoms with Gasteiger partial charge in [0, 0.05) is 44.7 Å². The molecule has 2 aromatic carbocycles. The molecule has 6 nitrogen and oxygen atoms in total. The molecule has 1 fully saturated rings. The minimum absolute atomic E-state index is 0.157. The summed E-state index contributed by atoms with van der Waals surface area (Å²) in [5.41, 5.74) is 4.78. The van der Waals surface area contributed by atoms with Gasteiger partial charge in [-0.05, 0) is 60.4 Å². The topological polar surface area (TPSA) is 73.6 Å². The van der Waals surface area contributed by atoms with E-state index in [0.717, 1.165) is 61.2 Å². The lowest BCUT2D eigenvalue weighted by Gasteiger charge is -2.38. The number of hydrogen-bond donors (Lipinski definition) is 0. The number of carbonyl (C=O) groups excluding carboxylic acids is 2. The van der Waals surface area contributed by atoms with Crippen LogP contribution in [-0.4, -0.2) is 54.4 Å². The van der Waals surface area contributed by atoms with E-state index in [1.54, 1.807) is 6.07 Å². The summed E-state index contributed by atoms with van der Waals surface area (Å²) in [6.45, 7) is 4.25. The average molecular weight is 462 g/mol. The molecule has 3 aliphatic rings. The maximum Gasteiger partial charge on any atom is 0.338 e. The van der Waals surface area contributed by atoms with Crippen LogP contribution in [0, 0.1) is 17.1 Å². The van der Waals surface area contributed by atoms with Gasteiger partial charge in [-0.2, -0.15) is 5.26 Å². The first kappa shape index (κ1) is 22.5. The summed E-state index contributed by atoms with van der Waals surface area (Å²) < 4.78 is 19.1. The quantitative estimate of drug-likeness (QED) is 0.637. The molecular weight excluding hydrogens is 433 g/mol. The fraction of sp³-hybridized carbons (Fsp3) is 0.444. The van der Waals surface area contributed by atoms with E-state index in [-0.39, 0.29) is 17.4 Å². The molecule has 0 saturated carbocycles. The van der Waals surface area contributed by atoms with Crippen LogP contribution in [0.2, 0.25) is 0 Å². The maximum atomic E-state index is 14.0. The molecule has 2 heterocycles. The number of carbonyl (C=O) groups is 2. The molecule has 1 aliphatic carbocycles. The minimum atomic E-state index is -0.421. The maximum absolute atomic E-state index is 14.0. The molecule has 0 radical (unpaired) electrons. The predicted molar refractivity (Wildman–Crippen MR) is 124 cm³/mol. The Balaban J connectivity index is 1.13. The van der Waals surface area contributed by atoms with Crippen molar-refractivity contribution in [1.82, 2.24) is 9.80 Å². The van der Waals surface area contributed by atoms with Crippen molar-refractivity contribution in [3.05, 3.63) is 69.5 Å². The zero-order chi connectivity index (χ0) is 23.7. The van der Waals surface area contributed by atoms with Gasteiger partial charge in [0.25, 0.3) is 0 Å². The largest absolute Gasteiger partial charge is 0.457 e. The fourth-order valence-corrected chi connectivity index (χ4v) is 5.52. The first-order chi connectivity index (χ1) is 16.5. The van der Waals surface area contributed by atoms with E-state index < -0.39 is 5.82 Å². The molecule has 1 atom stereocenters. The summed E-state index contributed by atoms with van der Waals surface area (Å²) >= 11 is 0. The van der Waals surface area contributed by atoms with Gasteiger partial charge in [0.2, 0.25) is 5.91 Å². The highest BCUT2D eigenvalue weighted by Gasteiger charge is 2.28. The summed E-state index contributed by atoms with van der Waals surface area (Å²) in [7, 11) is 0. The molecule has 176 valence electrons. The Labute approximate surface area is 198 Å². The number of halogens is 1. The first-order valence-electron chi connectivity index (χ1n) is 12.0. The van der Waals surface area contributed by atoms with Crippen LogP contribution in [-0.2, 0) is 29.0 Å². The van der Waals surface area contributed by atoms with Gasteiger partial charge in [-0.1, -0.05) is 18.2 Å². The van der Waals surface area contributed by atoms with Crippen molar-refractivity contribution in [1.29, 1.82) is 5.26 Å². The Morgan fingerprint density at radius 1 is 1.18 bits per heavy atom. The molecule has 2 aliphatic heterocycles. The molecule has 0 aromatic heterocycles. The molecule has 0 bridgehead atoms. The lowest BCUT2D eigenvalue weighted by Crippen LogP contribution is -2.49. The van der Waals surface area contributed by atoms with E-state index in [0.29, 0.717) is 44.0 Å². The number of ether oxygens (including phenoxy) is 1. The molecule has 1 amide bonds. The van der Waals surface area contributed by atoms with Crippen LogP contribution < -0.4 is 0 Å². The van der Waals surface area contributed by atoms with Crippen LogP contribution in [0.4, 0.5) is 4.39 Å². The van der Waals surface area contributed by atoms with Gasteiger partial charge in [0.15, 0.2) is 0 Å². The van der Waals surface area contributed by atoms with Gasteiger partial charge in [-0.25, -0.2) is 9.18 Å². The monoisotopic (exact) mass is 461 g/mol. The van der Waals surface area contributed by atoms with E-state index in [4.69, 9.17) is 4.74 Å². The molecular formula is C27H28FN3O3. The van der Waals surface area contributed by atoms with E-state index in [9.17, 15) is 19.2 Å². The summed E-state index contributed by atoms with van der Waals surface area (Å²) in [6.07, 6.45) is 3.88. The average Bonchev–Trinajstić information content (AvgIpc) is 3.23. The smallest absolute Gasteiger partial charge is 0.338 e. The second kappa shape index (κ2) is 9.55. The van der Waals surface area contributed by atoms with Crippen LogP contribution in [0.15, 0.2) is 30.3 Å². The van der Waals surface area contributed by atoms with Crippen LogP contribution in [0.25, 0.3) is 0 Å². The standard InChI is InChI=1S/C27H28FN3O3/c28-25-8-7-21-19(2-1-3-23(21)24(25)15-29)16-30-10-12-31(13-11-30)26(32)9-5-18-4-6-22-20(14-18)17-34-27(22)33/h4,6-8,14,19H,1-3,5,9-13,16-17H2. The number of hydrogen-bond acceptors (Lipinski definition) is 5. The summed E-state index contributed by atoms with van der Waals surface area (Å²) in [5, 5.41) is 9.37. The van der Waals surface area contributed by atoms with E-state index >= 15 is 0 Å². The zero-order valence-electron chi connectivity index (χ0n) is 19.2. The molecule has 1 unspecified atom stereocenters. The van der Waals surface area contributed by atoms with Crippen LogP contribution >= 0.6 is 0 Å². The van der Waals surface area contributed by atoms with Gasteiger partial charge in [0.05, 0.1) is 11.1 Å². The molecule has 2 aromatic rings. The number of nitrogens with zero attached hydrogens (tertiary/aromatic N) is 3. The van der Waals surface area contributed by atoms with Crippen molar-refractivity contribution < 1.29 is 18.7 Å². The predicted octanol–water partition coefficient (Wildman–Crippen LogP) is 3.56. The normalized spacial score (nSPS) is 19.8. The molecule has 0 N–H and O–H groups in total. The fourth-order valence-electron chi connectivity index (χ4n) is 5.52. The number of piperazine rings is 1. The number of benzene rings is 2. The number of amides is 1. The van der Waals surface area contributed by atoms with Crippen molar-refractivity contribution >= 4 is 11.9 Å². The van der Waals surface area contributed by atoms with Gasteiger partial charge in [-0.3, -0.25) is 9.69 Å². The first-order valence-corrected chi connectivity index (χ1v) is 12.0. The third-order valence-electron chi connectivity index (χ3n) is 7.41. The molecule has 5 rings (SSSR count). The number of rotatable bonds is 5. The molecule has 7 heteroatoms. The number of esters is 1. The van der Waals surface area contributed by atoms with E-state index in [2.05, 4.69) is 4.90 Å². The molecule has 1 saturated heterocycles. The van der Waals surface area contributed by atoms with Crippen molar-refractivity contribution in [3.8, 4) is 6.07 Å². The third kappa shape index (κ3) is 4.43. The number of cyclic esters (lactones) is 1. The van der Waals surface area contributed by atoms with Crippen LogP contribution in [0.1, 0.15) is 63.4 Å². The minimum Gasteiger partial charge on any atom is -0.457 e. The number of fused-ring (bicyclic) bond motifs is 2. The number of nitriles is 1. The van der Waals surface area contributed by atoms with Gasteiger partial charge >= 0.3 is 5.97 Å². The third-order valence-corrected chi connectivity index (χ3v) is 7.41. The Kier molecular flexibility index (Phi) is 6.34. The van der Waals surface area contributed by atoms with E-state index in [1.807, 2.05) is 29.2 Å². The van der Waals surface area contributed by atoms with Gasteiger partial charge in [-0.15, -0.1) is 0 Å². The Morgan fingerprint density at radius 2 is 2.00 bits per heavy atom. The second-order valence-electron chi connectivity index (χ2n) is 9.44. The SMILES string of the molecule is N#Cc1c(F)ccc2c1CCCC2CN1CCN(C(=O)CCc2ccc3c(c2)COC3=O)CC1. The summed E-state index contributed by atoms with van der Waals surface area (Å²) in [4.78, 5) is 28.7. The number of aryl methyl sites for hydroxylation is 1. The summed E-state index contributed by atoms with van der Waals surface area (Å²) in [5.74, 6) is -0.236. The highest BCUT2D eigenvalue weighted by atomic mass is 19.1. The Bertz CT molecular complexity index is 1160. The lowest BCUT2D eigenvalue weighted by molar-refractivity contribution is -0.132.